The van der Waals surface area contributed by atoms with Crippen molar-refractivity contribution in [3.05, 3.63) is 61.7 Å². The van der Waals surface area contributed by atoms with Crippen LogP contribution >= 0.6 is 99.6 Å². The van der Waals surface area contributed by atoms with Crippen molar-refractivity contribution in [1.29, 1.82) is 0 Å². The Hall–Kier alpha value is -0.380. The predicted octanol–water partition coefficient (Wildman–Crippen LogP) is 5.19. The van der Waals surface area contributed by atoms with Gasteiger partial charge in [-0.2, -0.15) is 20.4 Å². The van der Waals surface area contributed by atoms with Crippen molar-refractivity contribution in [3.63, 3.8) is 0 Å². The Morgan fingerprint density at radius 3 is 1.71 bits per heavy atom. The van der Waals surface area contributed by atoms with E-state index < -0.39 is 6.10 Å². The van der Waals surface area contributed by atoms with Crippen LogP contribution < -0.4 is 0 Å². The van der Waals surface area contributed by atoms with Gasteiger partial charge in [0, 0.05) is 38.3 Å². The van der Waals surface area contributed by atoms with Gasteiger partial charge in [0.25, 0.3) is 0 Å². The Kier molecular flexibility index (Phi) is 12.8. The largest absolute Gasteiger partial charge is 0.383 e. The minimum atomic E-state index is -0.703. The Balaban J connectivity index is 0.000000204. The zero-order chi connectivity index (χ0) is 26.3. The normalized spacial score (nSPS) is 11.4. The molecule has 4 heterocycles. The number of aromatic nitrogens is 8. The highest BCUT2D eigenvalue weighted by Crippen LogP contribution is 2.30. The first-order valence-corrected chi connectivity index (χ1v) is 15.0. The summed E-state index contributed by atoms with van der Waals surface area (Å²) in [6.07, 6.45) is 6.87. The minimum absolute atomic E-state index is 0.669. The first-order chi connectivity index (χ1) is 16.6. The molecule has 0 aromatic carbocycles. The maximum Gasteiger partial charge on any atom is 0.154 e. The minimum Gasteiger partial charge on any atom is -0.383 e. The molecule has 0 radical (unpaired) electrons. The lowest BCUT2D eigenvalue weighted by Crippen LogP contribution is -2.04. The summed E-state index contributed by atoms with van der Waals surface area (Å²) >= 11 is 13.3. The third-order valence-electron chi connectivity index (χ3n) is 4.64. The molecule has 35 heavy (non-hydrogen) atoms. The van der Waals surface area contributed by atoms with Crippen LogP contribution in [0.5, 0.6) is 0 Å². The van der Waals surface area contributed by atoms with Gasteiger partial charge < -0.3 is 5.11 Å². The van der Waals surface area contributed by atoms with Crippen LogP contribution in [0.2, 0.25) is 0 Å². The average molecular weight is 948 g/mol. The standard InChI is InChI=1S/C10H12BrIN4O.C6H7IN2O.C4H4BrIN2/c1-3-16-10(12)7(5-14-16)8(17)6-4-13-15(2)9(6)11;1-2-9-6(7)5(4-10)3-8-9;1-8-4(5)3(6)2-7-8/h4-5,8,17H,3H2,1-2H3;3-4H,2H2,1H3;2H,1H3. The van der Waals surface area contributed by atoms with Gasteiger partial charge in [-0.1, -0.05) is 0 Å². The van der Waals surface area contributed by atoms with E-state index in [9.17, 15) is 9.90 Å². The number of carbonyl (C=O) groups is 1. The second-order valence-electron chi connectivity index (χ2n) is 6.85. The van der Waals surface area contributed by atoms with Gasteiger partial charge in [-0.25, -0.2) is 0 Å². The Bertz CT molecular complexity index is 1250. The van der Waals surface area contributed by atoms with Gasteiger partial charge in [0.05, 0.1) is 33.9 Å². The first kappa shape index (κ1) is 30.8. The van der Waals surface area contributed by atoms with E-state index in [0.29, 0.717) is 5.56 Å². The molecule has 0 amide bonds. The highest BCUT2D eigenvalue weighted by atomic mass is 127. The predicted molar refractivity (Wildman–Crippen MR) is 165 cm³/mol. The number of aldehydes is 1. The van der Waals surface area contributed by atoms with Gasteiger partial charge in [0.1, 0.15) is 22.7 Å². The van der Waals surface area contributed by atoms with Crippen molar-refractivity contribution in [2.24, 2.45) is 14.1 Å². The second-order valence-corrected chi connectivity index (χ2v) is 11.6. The van der Waals surface area contributed by atoms with E-state index in [0.717, 1.165) is 50.7 Å². The van der Waals surface area contributed by atoms with Crippen LogP contribution in [0.25, 0.3) is 0 Å². The molecule has 0 spiro atoms. The van der Waals surface area contributed by atoms with Crippen LogP contribution in [-0.2, 0) is 27.2 Å². The smallest absolute Gasteiger partial charge is 0.154 e. The first-order valence-electron chi connectivity index (χ1n) is 10.1. The van der Waals surface area contributed by atoms with Gasteiger partial charge in [-0.3, -0.25) is 23.5 Å². The van der Waals surface area contributed by atoms with Crippen molar-refractivity contribution in [3.8, 4) is 0 Å². The number of aliphatic hydroxyl groups is 1. The average Bonchev–Trinajstić information content (AvgIpc) is 3.58. The molecule has 0 saturated carbocycles. The summed E-state index contributed by atoms with van der Waals surface area (Å²) in [6, 6.07) is 0. The molecule has 1 N–H and O–H groups in total. The van der Waals surface area contributed by atoms with Crippen molar-refractivity contribution in [2.75, 3.05) is 0 Å². The Labute approximate surface area is 260 Å². The van der Waals surface area contributed by atoms with E-state index in [1.807, 2.05) is 38.8 Å². The molecule has 15 heteroatoms. The van der Waals surface area contributed by atoms with Crippen LogP contribution in [0.3, 0.4) is 0 Å². The summed E-state index contributed by atoms with van der Waals surface area (Å²) in [4.78, 5) is 10.3. The molecule has 0 aliphatic rings. The van der Waals surface area contributed by atoms with Gasteiger partial charge in [-0.15, -0.1) is 0 Å². The number of hydrogen-bond acceptors (Lipinski definition) is 6. The van der Waals surface area contributed by atoms with E-state index in [2.05, 4.69) is 120 Å². The zero-order valence-corrected chi connectivity index (χ0v) is 28.8. The molecule has 4 aromatic rings. The van der Waals surface area contributed by atoms with Crippen molar-refractivity contribution >= 4 is 106 Å². The van der Waals surface area contributed by atoms with E-state index in [-0.39, 0.29) is 0 Å². The van der Waals surface area contributed by atoms with Gasteiger partial charge >= 0.3 is 0 Å². The van der Waals surface area contributed by atoms with E-state index in [1.165, 1.54) is 0 Å². The van der Waals surface area contributed by atoms with Crippen molar-refractivity contribution in [1.82, 2.24) is 39.1 Å². The van der Waals surface area contributed by atoms with Crippen molar-refractivity contribution in [2.45, 2.75) is 33.0 Å². The highest BCUT2D eigenvalue weighted by molar-refractivity contribution is 14.1. The fourth-order valence-corrected chi connectivity index (χ4v) is 5.37. The van der Waals surface area contributed by atoms with Crippen LogP contribution in [0, 0.1) is 11.0 Å². The molecule has 4 rings (SSSR count). The van der Waals surface area contributed by atoms with E-state index in [4.69, 9.17) is 0 Å². The summed E-state index contributed by atoms with van der Waals surface area (Å²) in [5.74, 6) is 0. The molecular weight excluding hydrogens is 925 g/mol. The summed E-state index contributed by atoms with van der Waals surface area (Å²) in [5, 5.41) is 26.6. The molecular formula is C20H23Br2I3N8O2. The lowest BCUT2D eigenvalue weighted by atomic mass is 10.1. The Morgan fingerprint density at radius 1 is 0.857 bits per heavy atom. The molecule has 0 aliphatic carbocycles. The fraction of sp³-hybridized carbons (Fsp3) is 0.350. The summed E-state index contributed by atoms with van der Waals surface area (Å²) in [5.41, 5.74) is 2.23. The molecule has 0 aliphatic heterocycles. The molecule has 10 nitrogen and oxygen atoms in total. The molecule has 1 unspecified atom stereocenters. The number of rotatable bonds is 5. The van der Waals surface area contributed by atoms with E-state index in [1.54, 1.807) is 32.6 Å². The molecule has 1 atom stereocenters. The maximum atomic E-state index is 10.3. The maximum absolute atomic E-state index is 10.3. The fourth-order valence-electron chi connectivity index (χ4n) is 2.66. The van der Waals surface area contributed by atoms with Gasteiger partial charge in [0.2, 0.25) is 0 Å². The molecule has 0 fully saturated rings. The van der Waals surface area contributed by atoms with Gasteiger partial charge in [0.15, 0.2) is 6.29 Å². The topological polar surface area (TPSA) is 109 Å². The molecule has 190 valence electrons. The molecule has 0 saturated heterocycles. The zero-order valence-electron chi connectivity index (χ0n) is 19.2. The lowest BCUT2D eigenvalue weighted by molar-refractivity contribution is 0.112. The van der Waals surface area contributed by atoms with Crippen LogP contribution in [-0.4, -0.2) is 50.5 Å². The second kappa shape index (κ2) is 14.5. The number of aliphatic hydroxyl groups excluding tert-OH is 1. The number of carbonyl (C=O) groups excluding carboxylic acids is 1. The molecule has 0 bridgehead atoms. The van der Waals surface area contributed by atoms with Crippen LogP contribution in [0.15, 0.2) is 34.0 Å². The number of nitrogens with zero attached hydrogens (tertiary/aromatic N) is 8. The van der Waals surface area contributed by atoms with Crippen molar-refractivity contribution < 1.29 is 9.90 Å². The summed E-state index contributed by atoms with van der Waals surface area (Å²) in [6.45, 7) is 5.61. The number of aryl methyl sites for hydroxylation is 4. The number of hydrogen-bond donors (Lipinski definition) is 1. The number of halogens is 5. The van der Waals surface area contributed by atoms with Crippen LogP contribution in [0.4, 0.5) is 0 Å². The monoisotopic (exact) mass is 946 g/mol. The molecule has 4 aromatic heterocycles. The van der Waals surface area contributed by atoms with Gasteiger partial charge in [-0.05, 0) is 113 Å². The quantitative estimate of drug-likeness (QED) is 0.218. The highest BCUT2D eigenvalue weighted by Gasteiger charge is 2.21. The summed E-state index contributed by atoms with van der Waals surface area (Å²) < 4.78 is 11.9. The third-order valence-corrected chi connectivity index (χ3v) is 10.4. The summed E-state index contributed by atoms with van der Waals surface area (Å²) in [7, 11) is 3.72. The lowest BCUT2D eigenvalue weighted by Gasteiger charge is -2.08. The van der Waals surface area contributed by atoms with Crippen LogP contribution in [0.1, 0.15) is 41.4 Å². The van der Waals surface area contributed by atoms with E-state index >= 15 is 0 Å². The third kappa shape index (κ3) is 7.81. The Morgan fingerprint density at radius 2 is 1.37 bits per heavy atom. The SMILES string of the molecule is CCn1ncc(C(O)c2cnn(C)c2Br)c1I.CCn1ncc(C=O)c1I.Cn1ncc(I)c1Br.